The molecule has 0 aliphatic heterocycles. The molecule has 0 amide bonds. The maximum Gasteiger partial charge on any atom is 0.150 e. The number of aromatic nitrogens is 2. The highest BCUT2D eigenvalue weighted by atomic mass is 16.5. The molecule has 0 fully saturated rings. The summed E-state index contributed by atoms with van der Waals surface area (Å²) in [5, 5.41) is 4.47. The minimum atomic E-state index is 0.599. The zero-order valence-electron chi connectivity index (χ0n) is 16.8. The van der Waals surface area contributed by atoms with Gasteiger partial charge in [-0.05, 0) is 38.5 Å². The molecule has 3 rings (SSSR count). The van der Waals surface area contributed by atoms with E-state index in [1.54, 1.807) is 14.2 Å². The number of nitrogens with zero attached hydrogens (tertiary/aromatic N) is 3. The van der Waals surface area contributed by atoms with Crippen molar-refractivity contribution in [2.45, 2.75) is 20.8 Å². The van der Waals surface area contributed by atoms with Crippen molar-refractivity contribution < 1.29 is 9.47 Å². The molecule has 0 saturated carbocycles. The molecule has 144 valence electrons. The molecular weight excluding hydrogens is 352 g/mol. The van der Waals surface area contributed by atoms with E-state index in [2.05, 4.69) is 39.6 Å². The van der Waals surface area contributed by atoms with E-state index in [1.807, 2.05) is 50.2 Å². The summed E-state index contributed by atoms with van der Waals surface area (Å²) >= 11 is 0. The number of nitrogens with one attached hydrogen (secondary N) is 1. The standard InChI is InChI=1S/C22H24N4O2/c1-14-9-11-17(12-10-14)15(2)25-26-21-13-18(23-16(3)24-21)22-19(27-4)7-6-8-20(22)28-5/h6-13H,1-5H3,(H,23,24,26). The number of hydrogen-bond acceptors (Lipinski definition) is 6. The van der Waals surface area contributed by atoms with Gasteiger partial charge in [-0.25, -0.2) is 9.97 Å². The molecule has 6 heteroatoms. The normalized spacial score (nSPS) is 11.2. The second-order valence-electron chi connectivity index (χ2n) is 6.40. The van der Waals surface area contributed by atoms with Gasteiger partial charge in [0, 0.05) is 6.07 Å². The molecule has 0 aliphatic rings. The molecular formula is C22H24N4O2. The van der Waals surface area contributed by atoms with Gasteiger partial charge < -0.3 is 9.47 Å². The monoisotopic (exact) mass is 376 g/mol. The summed E-state index contributed by atoms with van der Waals surface area (Å²) in [4.78, 5) is 9.00. The number of ether oxygens (including phenoxy) is 2. The zero-order chi connectivity index (χ0) is 20.1. The lowest BCUT2D eigenvalue weighted by Crippen LogP contribution is -2.03. The Hall–Kier alpha value is -3.41. The molecule has 0 radical (unpaired) electrons. The number of benzene rings is 2. The number of hydrazone groups is 1. The molecule has 0 aliphatic carbocycles. The Morgan fingerprint density at radius 2 is 1.57 bits per heavy atom. The van der Waals surface area contributed by atoms with Crippen LogP contribution in [0.2, 0.25) is 0 Å². The third-order valence-electron chi connectivity index (χ3n) is 4.33. The second kappa shape index (κ2) is 8.52. The van der Waals surface area contributed by atoms with Crippen LogP contribution in [0.15, 0.2) is 53.6 Å². The first kappa shape index (κ1) is 19.4. The number of hydrogen-bond donors (Lipinski definition) is 1. The van der Waals surface area contributed by atoms with Crippen molar-refractivity contribution in [3.63, 3.8) is 0 Å². The molecule has 0 unspecified atom stereocenters. The van der Waals surface area contributed by atoms with Gasteiger partial charge in [0.25, 0.3) is 0 Å². The third-order valence-corrected chi connectivity index (χ3v) is 4.33. The fourth-order valence-corrected chi connectivity index (χ4v) is 2.86. The van der Waals surface area contributed by atoms with Crippen LogP contribution in [0.25, 0.3) is 11.3 Å². The predicted molar refractivity (Wildman–Crippen MR) is 112 cm³/mol. The van der Waals surface area contributed by atoms with E-state index in [1.165, 1.54) is 5.56 Å². The van der Waals surface area contributed by atoms with Gasteiger partial charge in [-0.1, -0.05) is 35.9 Å². The highest BCUT2D eigenvalue weighted by Gasteiger charge is 2.15. The Labute approximate surface area is 165 Å². The fraction of sp³-hybridized carbons (Fsp3) is 0.227. The Bertz CT molecular complexity index is 976. The first-order valence-corrected chi connectivity index (χ1v) is 8.96. The van der Waals surface area contributed by atoms with Crippen LogP contribution in [0.4, 0.5) is 5.82 Å². The minimum Gasteiger partial charge on any atom is -0.496 e. The molecule has 1 aromatic heterocycles. The lowest BCUT2D eigenvalue weighted by atomic mass is 10.1. The zero-order valence-corrected chi connectivity index (χ0v) is 16.8. The van der Waals surface area contributed by atoms with E-state index in [9.17, 15) is 0 Å². The highest BCUT2D eigenvalue weighted by Crippen LogP contribution is 2.37. The topological polar surface area (TPSA) is 68.6 Å². The summed E-state index contributed by atoms with van der Waals surface area (Å²) in [5.74, 6) is 2.59. The van der Waals surface area contributed by atoms with Gasteiger partial charge in [-0.15, -0.1) is 0 Å². The number of aryl methyl sites for hydroxylation is 2. The van der Waals surface area contributed by atoms with Crippen LogP contribution in [-0.2, 0) is 0 Å². The summed E-state index contributed by atoms with van der Waals surface area (Å²) in [6.07, 6.45) is 0. The molecule has 6 nitrogen and oxygen atoms in total. The van der Waals surface area contributed by atoms with Gasteiger partial charge >= 0.3 is 0 Å². The van der Waals surface area contributed by atoms with Gasteiger partial charge in [0.2, 0.25) is 0 Å². The minimum absolute atomic E-state index is 0.599. The average Bonchev–Trinajstić information content (AvgIpc) is 2.71. The Balaban J connectivity index is 1.95. The number of anilines is 1. The summed E-state index contributed by atoms with van der Waals surface area (Å²) < 4.78 is 11.0. The van der Waals surface area contributed by atoms with Crippen LogP contribution in [0, 0.1) is 13.8 Å². The number of methoxy groups -OCH3 is 2. The van der Waals surface area contributed by atoms with Crippen molar-refractivity contribution in [3.05, 3.63) is 65.5 Å². The maximum absolute atomic E-state index is 5.50. The Morgan fingerprint density at radius 1 is 0.929 bits per heavy atom. The van der Waals surface area contributed by atoms with E-state index >= 15 is 0 Å². The second-order valence-corrected chi connectivity index (χ2v) is 6.40. The molecule has 3 aromatic rings. The van der Waals surface area contributed by atoms with Crippen LogP contribution in [0.1, 0.15) is 23.9 Å². The third kappa shape index (κ3) is 4.28. The summed E-state index contributed by atoms with van der Waals surface area (Å²) in [6, 6.07) is 15.7. The van der Waals surface area contributed by atoms with Crippen LogP contribution >= 0.6 is 0 Å². The maximum atomic E-state index is 5.50. The van der Waals surface area contributed by atoms with Gasteiger partial charge in [0.05, 0.1) is 31.2 Å². The molecule has 0 atom stereocenters. The Morgan fingerprint density at radius 3 is 2.18 bits per heavy atom. The molecule has 1 N–H and O–H groups in total. The van der Waals surface area contributed by atoms with Gasteiger partial charge in [-0.3, -0.25) is 5.43 Å². The van der Waals surface area contributed by atoms with Crippen molar-refractivity contribution >= 4 is 11.5 Å². The molecule has 28 heavy (non-hydrogen) atoms. The molecule has 1 heterocycles. The fourth-order valence-electron chi connectivity index (χ4n) is 2.86. The number of rotatable bonds is 6. The average molecular weight is 376 g/mol. The SMILES string of the molecule is COc1cccc(OC)c1-c1cc(NN=C(C)c2ccc(C)cc2)nc(C)n1. The van der Waals surface area contributed by atoms with Crippen LogP contribution < -0.4 is 14.9 Å². The molecule has 0 spiro atoms. The highest BCUT2D eigenvalue weighted by molar-refractivity contribution is 5.99. The van der Waals surface area contributed by atoms with E-state index in [0.29, 0.717) is 28.8 Å². The molecule has 2 aromatic carbocycles. The van der Waals surface area contributed by atoms with E-state index < -0.39 is 0 Å². The molecule has 0 saturated heterocycles. The quantitative estimate of drug-likeness (QED) is 0.502. The van der Waals surface area contributed by atoms with Crippen LogP contribution in [-0.4, -0.2) is 29.9 Å². The lowest BCUT2D eigenvalue weighted by molar-refractivity contribution is 0.397. The molecule has 0 bridgehead atoms. The first-order valence-electron chi connectivity index (χ1n) is 8.96. The van der Waals surface area contributed by atoms with Crippen molar-refractivity contribution in [2.75, 3.05) is 19.6 Å². The van der Waals surface area contributed by atoms with Crippen LogP contribution in [0.5, 0.6) is 11.5 Å². The van der Waals surface area contributed by atoms with Crippen LogP contribution in [0.3, 0.4) is 0 Å². The summed E-state index contributed by atoms with van der Waals surface area (Å²) in [7, 11) is 3.25. The summed E-state index contributed by atoms with van der Waals surface area (Å²) in [5.41, 5.74) is 7.65. The summed E-state index contributed by atoms with van der Waals surface area (Å²) in [6.45, 7) is 5.86. The van der Waals surface area contributed by atoms with Crippen molar-refractivity contribution in [2.24, 2.45) is 5.10 Å². The van der Waals surface area contributed by atoms with Crippen molar-refractivity contribution in [1.29, 1.82) is 0 Å². The van der Waals surface area contributed by atoms with Gasteiger partial charge in [0.1, 0.15) is 17.3 Å². The Kier molecular flexibility index (Phi) is 5.89. The van der Waals surface area contributed by atoms with E-state index in [0.717, 1.165) is 16.8 Å². The van der Waals surface area contributed by atoms with E-state index in [4.69, 9.17) is 9.47 Å². The van der Waals surface area contributed by atoms with Crippen molar-refractivity contribution in [1.82, 2.24) is 9.97 Å². The smallest absolute Gasteiger partial charge is 0.150 e. The largest absolute Gasteiger partial charge is 0.496 e. The first-order chi connectivity index (χ1) is 13.5. The van der Waals surface area contributed by atoms with Gasteiger partial charge in [0.15, 0.2) is 5.82 Å². The van der Waals surface area contributed by atoms with Gasteiger partial charge in [-0.2, -0.15) is 5.10 Å². The lowest BCUT2D eigenvalue weighted by Gasteiger charge is -2.13. The van der Waals surface area contributed by atoms with E-state index in [-0.39, 0.29) is 0 Å². The predicted octanol–water partition coefficient (Wildman–Crippen LogP) is 4.61. The van der Waals surface area contributed by atoms with Crippen molar-refractivity contribution in [3.8, 4) is 22.8 Å².